The van der Waals surface area contributed by atoms with Gasteiger partial charge < -0.3 is 25.3 Å². The van der Waals surface area contributed by atoms with Crippen LogP contribution in [0.5, 0.6) is 17.2 Å². The number of fused-ring (bicyclic) bond motifs is 2. The van der Waals surface area contributed by atoms with Crippen LogP contribution in [0, 0.1) is 17.8 Å². The van der Waals surface area contributed by atoms with Crippen LogP contribution < -0.4 is 25.3 Å². The topological polar surface area (TPSA) is 82.8 Å². The summed E-state index contributed by atoms with van der Waals surface area (Å²) in [6.45, 7) is 0.403. The molecule has 6 nitrogen and oxygen atoms in total. The van der Waals surface area contributed by atoms with Gasteiger partial charge in [-0.05, 0) is 49.7 Å². The molecule has 2 saturated carbocycles. The van der Waals surface area contributed by atoms with Crippen LogP contribution in [-0.2, 0) is 11.3 Å². The second-order valence-corrected chi connectivity index (χ2v) is 7.41. The summed E-state index contributed by atoms with van der Waals surface area (Å²) >= 11 is 0. The van der Waals surface area contributed by atoms with Gasteiger partial charge in [-0.2, -0.15) is 0 Å². The lowest BCUT2D eigenvalue weighted by Crippen LogP contribution is -2.49. The first-order valence-corrected chi connectivity index (χ1v) is 9.40. The molecule has 1 aromatic rings. The maximum atomic E-state index is 12.7. The van der Waals surface area contributed by atoms with Crippen LogP contribution in [0.2, 0.25) is 0 Å². The molecule has 0 radical (unpaired) electrons. The molecule has 0 saturated heterocycles. The Morgan fingerprint density at radius 1 is 1.08 bits per heavy atom. The molecule has 144 valence electrons. The number of hydrogen-bond donors (Lipinski definition) is 2. The highest BCUT2D eigenvalue weighted by Crippen LogP contribution is 2.42. The Morgan fingerprint density at radius 2 is 1.73 bits per heavy atom. The molecule has 0 aliphatic heterocycles. The number of amides is 1. The fourth-order valence-corrected chi connectivity index (χ4v) is 4.63. The zero-order valence-corrected chi connectivity index (χ0v) is 15.9. The summed E-state index contributed by atoms with van der Waals surface area (Å²) in [5, 5.41) is 3.08. The van der Waals surface area contributed by atoms with Crippen LogP contribution in [-0.4, -0.2) is 33.3 Å². The van der Waals surface area contributed by atoms with Gasteiger partial charge in [-0.15, -0.1) is 0 Å². The summed E-state index contributed by atoms with van der Waals surface area (Å²) in [5.41, 5.74) is 7.20. The van der Waals surface area contributed by atoms with Crippen molar-refractivity contribution < 1.29 is 19.0 Å². The molecule has 0 aromatic heterocycles. The van der Waals surface area contributed by atoms with Gasteiger partial charge in [0.15, 0.2) is 11.5 Å². The number of methoxy groups -OCH3 is 3. The van der Waals surface area contributed by atoms with Crippen LogP contribution in [0.1, 0.15) is 37.7 Å². The summed E-state index contributed by atoms with van der Waals surface area (Å²) in [6, 6.07) is 4.00. The quantitative estimate of drug-likeness (QED) is 0.812. The van der Waals surface area contributed by atoms with E-state index >= 15 is 0 Å². The van der Waals surface area contributed by atoms with E-state index in [1.807, 2.05) is 12.1 Å². The van der Waals surface area contributed by atoms with Crippen molar-refractivity contribution in [2.45, 2.75) is 44.7 Å². The molecule has 3 rings (SSSR count). The Kier molecular flexibility index (Phi) is 5.91. The zero-order chi connectivity index (χ0) is 18.7. The molecule has 2 aliphatic rings. The number of carbonyl (C=O) groups excluding carboxylic acids is 1. The highest BCUT2D eigenvalue weighted by Gasteiger charge is 2.40. The third-order valence-corrected chi connectivity index (χ3v) is 6.02. The molecule has 0 spiro atoms. The standard InChI is InChI=1S/C20H30N2O4/c1-24-16-8-7-14(18(25-2)19(16)26-3)11-22-20(23)15-9-12-5-4-6-13(10-15)17(12)21/h7-8,12-13,15,17H,4-6,9-11,21H2,1-3H3,(H,22,23). The lowest BCUT2D eigenvalue weighted by molar-refractivity contribution is -0.128. The monoisotopic (exact) mass is 362 g/mol. The average molecular weight is 362 g/mol. The van der Waals surface area contributed by atoms with Crippen molar-refractivity contribution in [3.8, 4) is 17.2 Å². The summed E-state index contributed by atoms with van der Waals surface area (Å²) in [4.78, 5) is 12.7. The summed E-state index contributed by atoms with van der Waals surface area (Å²) in [5.74, 6) is 2.91. The second kappa shape index (κ2) is 8.16. The predicted octanol–water partition coefficient (Wildman–Crippen LogP) is 2.48. The average Bonchev–Trinajstić information content (AvgIpc) is 2.64. The van der Waals surface area contributed by atoms with E-state index in [1.54, 1.807) is 21.3 Å². The maximum absolute atomic E-state index is 12.7. The normalized spacial score (nSPS) is 27.5. The van der Waals surface area contributed by atoms with Gasteiger partial charge >= 0.3 is 0 Å². The van der Waals surface area contributed by atoms with Crippen molar-refractivity contribution in [1.29, 1.82) is 0 Å². The Morgan fingerprint density at radius 3 is 2.31 bits per heavy atom. The van der Waals surface area contributed by atoms with Crippen molar-refractivity contribution in [2.75, 3.05) is 21.3 Å². The number of rotatable bonds is 6. The number of ether oxygens (including phenoxy) is 3. The molecule has 2 bridgehead atoms. The van der Waals surface area contributed by atoms with Crippen LogP contribution in [0.15, 0.2) is 12.1 Å². The van der Waals surface area contributed by atoms with Crippen LogP contribution in [0.25, 0.3) is 0 Å². The minimum atomic E-state index is 0.0660. The smallest absolute Gasteiger partial charge is 0.223 e. The molecule has 26 heavy (non-hydrogen) atoms. The van der Waals surface area contributed by atoms with E-state index in [1.165, 1.54) is 6.42 Å². The van der Waals surface area contributed by atoms with E-state index < -0.39 is 0 Å². The van der Waals surface area contributed by atoms with Crippen LogP contribution in [0.4, 0.5) is 0 Å². The fourth-order valence-electron chi connectivity index (χ4n) is 4.63. The number of hydrogen-bond acceptors (Lipinski definition) is 5. The third-order valence-electron chi connectivity index (χ3n) is 6.02. The predicted molar refractivity (Wildman–Crippen MR) is 99.5 cm³/mol. The zero-order valence-electron chi connectivity index (χ0n) is 15.9. The van der Waals surface area contributed by atoms with Gasteiger partial charge in [-0.1, -0.05) is 6.42 Å². The summed E-state index contributed by atoms with van der Waals surface area (Å²) < 4.78 is 16.2. The fraction of sp³-hybridized carbons (Fsp3) is 0.650. The lowest BCUT2D eigenvalue weighted by atomic mass is 9.65. The van der Waals surface area contributed by atoms with E-state index in [4.69, 9.17) is 19.9 Å². The van der Waals surface area contributed by atoms with Gasteiger partial charge in [0.25, 0.3) is 0 Å². The van der Waals surface area contributed by atoms with Gasteiger partial charge in [0.2, 0.25) is 11.7 Å². The van der Waals surface area contributed by atoms with E-state index in [-0.39, 0.29) is 17.9 Å². The van der Waals surface area contributed by atoms with Crippen molar-refractivity contribution in [1.82, 2.24) is 5.32 Å². The number of benzene rings is 1. The van der Waals surface area contributed by atoms with E-state index in [0.717, 1.165) is 31.2 Å². The van der Waals surface area contributed by atoms with Gasteiger partial charge in [-0.25, -0.2) is 0 Å². The van der Waals surface area contributed by atoms with Gasteiger partial charge in [0.05, 0.1) is 21.3 Å². The largest absolute Gasteiger partial charge is 0.493 e. The first-order chi connectivity index (χ1) is 12.6. The molecule has 2 atom stereocenters. The van der Waals surface area contributed by atoms with E-state index in [2.05, 4.69) is 5.32 Å². The third kappa shape index (κ3) is 3.61. The molecule has 0 heterocycles. The molecule has 2 aliphatic carbocycles. The van der Waals surface area contributed by atoms with Crippen molar-refractivity contribution in [3.63, 3.8) is 0 Å². The minimum absolute atomic E-state index is 0.0660. The van der Waals surface area contributed by atoms with Crippen molar-refractivity contribution in [2.24, 2.45) is 23.5 Å². The Labute approximate surface area is 155 Å². The lowest BCUT2D eigenvalue weighted by Gasteiger charge is -2.43. The molecular weight excluding hydrogens is 332 g/mol. The second-order valence-electron chi connectivity index (χ2n) is 7.41. The minimum Gasteiger partial charge on any atom is -0.493 e. The Bertz CT molecular complexity index is 635. The van der Waals surface area contributed by atoms with Gasteiger partial charge in [-0.3, -0.25) is 4.79 Å². The summed E-state index contributed by atoms with van der Waals surface area (Å²) in [6.07, 6.45) is 5.38. The maximum Gasteiger partial charge on any atom is 0.223 e. The van der Waals surface area contributed by atoms with Crippen LogP contribution >= 0.6 is 0 Å². The molecule has 2 unspecified atom stereocenters. The molecule has 1 aromatic carbocycles. The van der Waals surface area contributed by atoms with Gasteiger partial charge in [0.1, 0.15) is 0 Å². The SMILES string of the molecule is COc1ccc(CNC(=O)C2CC3CCCC(C2)C3N)c(OC)c1OC. The number of nitrogens with two attached hydrogens (primary N) is 1. The summed E-state index contributed by atoms with van der Waals surface area (Å²) in [7, 11) is 4.75. The molecule has 1 amide bonds. The molecular formula is C20H30N2O4. The van der Waals surface area contributed by atoms with Crippen molar-refractivity contribution in [3.05, 3.63) is 17.7 Å². The number of carbonyl (C=O) groups is 1. The number of nitrogens with one attached hydrogen (secondary N) is 1. The van der Waals surface area contributed by atoms with Crippen molar-refractivity contribution >= 4 is 5.91 Å². The highest BCUT2D eigenvalue weighted by molar-refractivity contribution is 5.79. The van der Waals surface area contributed by atoms with E-state index in [0.29, 0.717) is 35.6 Å². The molecule has 3 N–H and O–H groups in total. The molecule has 6 heteroatoms. The van der Waals surface area contributed by atoms with Gasteiger partial charge in [0, 0.05) is 24.1 Å². The first kappa shape index (κ1) is 18.8. The first-order valence-electron chi connectivity index (χ1n) is 9.40. The van der Waals surface area contributed by atoms with E-state index in [9.17, 15) is 4.79 Å². The Hall–Kier alpha value is -1.95. The Balaban J connectivity index is 1.66. The molecule has 2 fully saturated rings. The highest BCUT2D eigenvalue weighted by atomic mass is 16.5. The van der Waals surface area contributed by atoms with Crippen LogP contribution in [0.3, 0.4) is 0 Å².